The number of rotatable bonds is 3. The molecule has 6 aromatic rings. The van der Waals surface area contributed by atoms with Crippen LogP contribution in [-0.4, -0.2) is 33.5 Å². The van der Waals surface area contributed by atoms with Crippen molar-refractivity contribution in [1.29, 1.82) is 0 Å². The molecular weight excluding hydrogens is 452 g/mol. The summed E-state index contributed by atoms with van der Waals surface area (Å²) >= 11 is 0. The van der Waals surface area contributed by atoms with Crippen molar-refractivity contribution in [2.45, 2.75) is 0 Å². The molecule has 3 N–H and O–H groups in total. The third kappa shape index (κ3) is 3.54. The number of hydrogen-bond acceptors (Lipinski definition) is 3. The number of ether oxygens (including phenoxy) is 1. The van der Waals surface area contributed by atoms with Crippen LogP contribution < -0.4 is 10.1 Å². The van der Waals surface area contributed by atoms with Crippen molar-refractivity contribution in [1.82, 2.24) is 19.9 Å². The molecule has 176 valence electrons. The zero-order valence-electron chi connectivity index (χ0n) is 19.4. The van der Waals surface area contributed by atoms with Gasteiger partial charge in [0.15, 0.2) is 0 Å². The zero-order chi connectivity index (χ0) is 24.6. The van der Waals surface area contributed by atoms with Gasteiger partial charge in [-0.1, -0.05) is 36.4 Å². The maximum atomic E-state index is 12.7. The number of para-hydroxylation sites is 2. The van der Waals surface area contributed by atoms with Crippen LogP contribution >= 0.6 is 0 Å². The highest BCUT2D eigenvalue weighted by Gasteiger charge is 2.34. The smallest absolute Gasteiger partial charge is 0.275 e. The van der Waals surface area contributed by atoms with E-state index in [0.29, 0.717) is 22.6 Å². The van der Waals surface area contributed by atoms with Gasteiger partial charge in [0, 0.05) is 40.6 Å². The van der Waals surface area contributed by atoms with Gasteiger partial charge in [-0.3, -0.25) is 14.9 Å². The Bertz CT molecular complexity index is 1770. The molecule has 7 nitrogen and oxygen atoms in total. The van der Waals surface area contributed by atoms with E-state index in [1.54, 1.807) is 17.9 Å². The second kappa shape index (κ2) is 8.63. The van der Waals surface area contributed by atoms with Crippen LogP contribution in [0.4, 0.5) is 0 Å². The van der Waals surface area contributed by atoms with Gasteiger partial charge in [-0.25, -0.2) is 0 Å². The molecule has 7 rings (SSSR count). The van der Waals surface area contributed by atoms with Crippen LogP contribution in [0.1, 0.15) is 5.56 Å². The van der Waals surface area contributed by atoms with E-state index in [0.717, 1.165) is 21.8 Å². The lowest BCUT2D eigenvalue weighted by molar-refractivity contribution is -0.122. The molecule has 3 aromatic heterocycles. The number of nitrogens with one attached hydrogen (secondary N) is 3. The number of carbonyl (C=O) groups is 2. The summed E-state index contributed by atoms with van der Waals surface area (Å²) in [6.07, 6.45) is 5.52. The molecule has 4 heterocycles. The Balaban J connectivity index is 0.000000223. The van der Waals surface area contributed by atoms with Crippen molar-refractivity contribution >= 4 is 55.8 Å². The summed E-state index contributed by atoms with van der Waals surface area (Å²) in [4.78, 5) is 31.6. The first-order valence-corrected chi connectivity index (χ1v) is 11.5. The minimum Gasteiger partial charge on any atom is -0.497 e. The molecule has 0 unspecified atom stereocenters. The van der Waals surface area contributed by atoms with Gasteiger partial charge in [0.2, 0.25) is 0 Å². The normalized spacial score (nSPS) is 13.4. The number of H-pyrrole nitrogens is 2. The molecule has 1 aliphatic heterocycles. The second-order valence-electron chi connectivity index (χ2n) is 8.43. The summed E-state index contributed by atoms with van der Waals surface area (Å²) in [5, 5.41) is 5.53. The van der Waals surface area contributed by atoms with E-state index in [1.807, 2.05) is 73.1 Å². The summed E-state index contributed by atoms with van der Waals surface area (Å²) in [6, 6.07) is 25.5. The number of nitrogens with zero attached hydrogens (tertiary/aromatic N) is 1. The predicted molar refractivity (Wildman–Crippen MR) is 141 cm³/mol. The fourth-order valence-electron chi connectivity index (χ4n) is 4.63. The van der Waals surface area contributed by atoms with Gasteiger partial charge in [0.25, 0.3) is 11.8 Å². The van der Waals surface area contributed by atoms with Gasteiger partial charge in [-0.05, 0) is 53.2 Å². The highest BCUT2D eigenvalue weighted by Crippen LogP contribution is 2.35. The largest absolute Gasteiger partial charge is 0.497 e. The predicted octanol–water partition coefficient (Wildman–Crippen LogP) is 5.32. The molecule has 0 bridgehead atoms. The number of methoxy groups -OCH3 is 1. The molecule has 0 atom stereocenters. The SMILES string of the molecule is COc1ccc2[nH]cc(C3=C(n4ccc5ccccc54)C(=O)NC3=O)c2c1.c1ccc2[nH]ccc2c1. The van der Waals surface area contributed by atoms with E-state index in [4.69, 9.17) is 4.74 Å². The Morgan fingerprint density at radius 1 is 0.778 bits per heavy atom. The van der Waals surface area contributed by atoms with Crippen molar-refractivity contribution in [3.8, 4) is 5.75 Å². The molecule has 2 amide bonds. The molecule has 3 aromatic carbocycles. The first-order chi connectivity index (χ1) is 17.6. The van der Waals surface area contributed by atoms with Crippen LogP contribution in [0.15, 0.2) is 97.5 Å². The number of aromatic nitrogens is 3. The van der Waals surface area contributed by atoms with Crippen LogP contribution in [0.5, 0.6) is 5.75 Å². The van der Waals surface area contributed by atoms with Crippen LogP contribution in [0, 0.1) is 0 Å². The molecule has 7 heteroatoms. The van der Waals surface area contributed by atoms with Crippen molar-refractivity contribution in [2.75, 3.05) is 7.11 Å². The summed E-state index contributed by atoms with van der Waals surface area (Å²) in [6.45, 7) is 0. The van der Waals surface area contributed by atoms with Gasteiger partial charge < -0.3 is 19.3 Å². The average Bonchev–Trinajstić information content (AvgIpc) is 3.68. The molecule has 0 aliphatic carbocycles. The van der Waals surface area contributed by atoms with Crippen molar-refractivity contribution in [3.63, 3.8) is 0 Å². The summed E-state index contributed by atoms with van der Waals surface area (Å²) in [5.41, 5.74) is 4.28. The molecule has 0 spiro atoms. The van der Waals surface area contributed by atoms with E-state index in [1.165, 1.54) is 10.9 Å². The number of fused-ring (bicyclic) bond motifs is 3. The molecule has 1 aliphatic rings. The molecular formula is C29H22N4O3. The molecule has 0 saturated carbocycles. The number of aromatic amines is 2. The van der Waals surface area contributed by atoms with Gasteiger partial charge in [0.05, 0.1) is 18.2 Å². The molecule has 0 radical (unpaired) electrons. The second-order valence-corrected chi connectivity index (χ2v) is 8.43. The number of hydrogen-bond donors (Lipinski definition) is 3. The van der Waals surface area contributed by atoms with Gasteiger partial charge in [-0.15, -0.1) is 0 Å². The van der Waals surface area contributed by atoms with Crippen molar-refractivity contribution in [2.24, 2.45) is 0 Å². The summed E-state index contributed by atoms with van der Waals surface area (Å²) < 4.78 is 7.08. The zero-order valence-corrected chi connectivity index (χ0v) is 19.4. The third-order valence-corrected chi connectivity index (χ3v) is 6.37. The van der Waals surface area contributed by atoms with E-state index in [-0.39, 0.29) is 0 Å². The molecule has 0 saturated heterocycles. The monoisotopic (exact) mass is 474 g/mol. The number of carbonyl (C=O) groups excluding carboxylic acids is 2. The minimum absolute atomic E-state index is 0.324. The fraction of sp³-hybridized carbons (Fsp3) is 0.0345. The Hall–Kier alpha value is -5.04. The maximum absolute atomic E-state index is 12.7. The number of imide groups is 1. The molecule has 36 heavy (non-hydrogen) atoms. The average molecular weight is 475 g/mol. The van der Waals surface area contributed by atoms with Crippen LogP contribution in [0.2, 0.25) is 0 Å². The summed E-state index contributed by atoms with van der Waals surface area (Å²) in [5.74, 6) is -0.133. The highest BCUT2D eigenvalue weighted by molar-refractivity contribution is 6.47. The Kier molecular flexibility index (Phi) is 5.15. The van der Waals surface area contributed by atoms with Crippen LogP contribution in [-0.2, 0) is 9.59 Å². The van der Waals surface area contributed by atoms with Crippen LogP contribution in [0.25, 0.3) is 44.0 Å². The van der Waals surface area contributed by atoms with Gasteiger partial charge in [0.1, 0.15) is 11.4 Å². The van der Waals surface area contributed by atoms with E-state index < -0.39 is 11.8 Å². The maximum Gasteiger partial charge on any atom is 0.275 e. The van der Waals surface area contributed by atoms with E-state index >= 15 is 0 Å². The highest BCUT2D eigenvalue weighted by atomic mass is 16.5. The fourth-order valence-corrected chi connectivity index (χ4v) is 4.63. The Morgan fingerprint density at radius 3 is 2.42 bits per heavy atom. The topological polar surface area (TPSA) is 91.9 Å². The van der Waals surface area contributed by atoms with Crippen molar-refractivity contribution < 1.29 is 14.3 Å². The first-order valence-electron chi connectivity index (χ1n) is 11.5. The van der Waals surface area contributed by atoms with Gasteiger partial charge >= 0.3 is 0 Å². The standard InChI is InChI=1S/C21H15N3O3.C8H7N/c1-27-13-6-7-16-14(10-13)15(11-22-16)18-19(21(26)23-20(18)25)24-9-8-12-4-2-3-5-17(12)24;1-2-4-8-7(3-1)5-6-9-8/h2-11,22H,1H3,(H,23,25,26);1-6,9H. The lowest BCUT2D eigenvalue weighted by Gasteiger charge is -2.07. The number of amides is 2. The summed E-state index contributed by atoms with van der Waals surface area (Å²) in [7, 11) is 1.59. The van der Waals surface area contributed by atoms with Crippen LogP contribution in [0.3, 0.4) is 0 Å². The lowest BCUT2D eigenvalue weighted by atomic mass is 10.0. The quantitative estimate of drug-likeness (QED) is 0.303. The molecule has 0 fully saturated rings. The van der Waals surface area contributed by atoms with Gasteiger partial charge in [-0.2, -0.15) is 0 Å². The third-order valence-electron chi connectivity index (χ3n) is 6.37. The minimum atomic E-state index is -0.409. The Morgan fingerprint density at radius 2 is 1.58 bits per heavy atom. The van der Waals surface area contributed by atoms with E-state index in [9.17, 15) is 9.59 Å². The van der Waals surface area contributed by atoms with E-state index in [2.05, 4.69) is 33.5 Å². The lowest BCUT2D eigenvalue weighted by Crippen LogP contribution is -2.23. The van der Waals surface area contributed by atoms with Crippen molar-refractivity contribution in [3.05, 3.63) is 103 Å². The number of benzene rings is 3. The Labute approximate surface area is 206 Å². The first kappa shape index (κ1) is 21.5.